The topological polar surface area (TPSA) is 58.6 Å². The summed E-state index contributed by atoms with van der Waals surface area (Å²) in [4.78, 5) is 26.2. The SMILES string of the molecule is O=C(COC(=O)CN(c1ccccc1)c1ccccc1)Nc1cccc(Br)c1. The third-order valence-corrected chi connectivity index (χ3v) is 4.39. The minimum Gasteiger partial charge on any atom is -0.454 e. The summed E-state index contributed by atoms with van der Waals surface area (Å²) in [5, 5.41) is 2.70. The van der Waals surface area contributed by atoms with E-state index in [1.165, 1.54) is 0 Å². The standard InChI is InChI=1S/C22H19BrN2O3/c23-17-8-7-9-18(14-17)24-21(26)16-28-22(27)15-25(19-10-3-1-4-11-19)20-12-5-2-6-13-20/h1-14H,15-16H2,(H,24,26). The van der Waals surface area contributed by atoms with E-state index in [1.54, 1.807) is 12.1 Å². The summed E-state index contributed by atoms with van der Waals surface area (Å²) < 4.78 is 6.03. The predicted octanol–water partition coefficient (Wildman–Crippen LogP) is 4.77. The molecule has 3 rings (SSSR count). The van der Waals surface area contributed by atoms with Crippen LogP contribution in [0.3, 0.4) is 0 Å². The number of halogens is 1. The maximum absolute atomic E-state index is 12.4. The van der Waals surface area contributed by atoms with Gasteiger partial charge in [0.25, 0.3) is 5.91 Å². The van der Waals surface area contributed by atoms with Crippen LogP contribution in [-0.2, 0) is 14.3 Å². The van der Waals surface area contributed by atoms with Gasteiger partial charge in [-0.2, -0.15) is 0 Å². The molecule has 3 aromatic rings. The van der Waals surface area contributed by atoms with Crippen molar-refractivity contribution in [2.45, 2.75) is 0 Å². The van der Waals surface area contributed by atoms with Crippen LogP contribution in [0.5, 0.6) is 0 Å². The zero-order valence-electron chi connectivity index (χ0n) is 15.0. The molecule has 0 fully saturated rings. The number of benzene rings is 3. The van der Waals surface area contributed by atoms with Crippen LogP contribution in [-0.4, -0.2) is 25.0 Å². The zero-order chi connectivity index (χ0) is 19.8. The average molecular weight is 439 g/mol. The first-order chi connectivity index (χ1) is 13.6. The summed E-state index contributed by atoms with van der Waals surface area (Å²) in [7, 11) is 0. The van der Waals surface area contributed by atoms with E-state index in [9.17, 15) is 9.59 Å². The van der Waals surface area contributed by atoms with Gasteiger partial charge < -0.3 is 15.0 Å². The first-order valence-corrected chi connectivity index (χ1v) is 9.50. The Morgan fingerprint density at radius 2 is 1.46 bits per heavy atom. The van der Waals surface area contributed by atoms with E-state index in [0.29, 0.717) is 5.69 Å². The van der Waals surface area contributed by atoms with E-state index in [1.807, 2.05) is 77.7 Å². The van der Waals surface area contributed by atoms with Gasteiger partial charge >= 0.3 is 5.97 Å². The Labute approximate surface area is 172 Å². The summed E-state index contributed by atoms with van der Waals surface area (Å²) in [5.41, 5.74) is 2.36. The Morgan fingerprint density at radius 1 is 0.857 bits per heavy atom. The second kappa shape index (κ2) is 9.71. The van der Waals surface area contributed by atoms with Crippen molar-refractivity contribution in [1.29, 1.82) is 0 Å². The largest absolute Gasteiger partial charge is 0.454 e. The lowest BCUT2D eigenvalue weighted by molar-refractivity contribution is -0.145. The molecule has 0 aliphatic heterocycles. The lowest BCUT2D eigenvalue weighted by Crippen LogP contribution is -2.29. The van der Waals surface area contributed by atoms with Crippen LogP contribution in [0.25, 0.3) is 0 Å². The number of rotatable bonds is 7. The van der Waals surface area contributed by atoms with Crippen molar-refractivity contribution in [3.63, 3.8) is 0 Å². The van der Waals surface area contributed by atoms with Crippen LogP contribution < -0.4 is 10.2 Å². The molecular weight excluding hydrogens is 420 g/mol. The lowest BCUT2D eigenvalue weighted by atomic mass is 10.2. The van der Waals surface area contributed by atoms with Gasteiger partial charge in [-0.1, -0.05) is 58.4 Å². The molecule has 0 atom stereocenters. The molecule has 3 aromatic carbocycles. The highest BCUT2D eigenvalue weighted by atomic mass is 79.9. The Balaban J connectivity index is 1.60. The maximum Gasteiger partial charge on any atom is 0.326 e. The third-order valence-electron chi connectivity index (χ3n) is 3.90. The normalized spacial score (nSPS) is 10.2. The van der Waals surface area contributed by atoms with Crippen LogP contribution in [0.1, 0.15) is 0 Å². The third kappa shape index (κ3) is 5.69. The predicted molar refractivity (Wildman–Crippen MR) is 114 cm³/mol. The average Bonchev–Trinajstić information content (AvgIpc) is 2.72. The zero-order valence-corrected chi connectivity index (χ0v) is 16.6. The molecule has 1 amide bonds. The molecule has 0 aliphatic carbocycles. The van der Waals surface area contributed by atoms with Crippen LogP contribution in [0, 0.1) is 0 Å². The van der Waals surface area contributed by atoms with Gasteiger partial charge in [-0.15, -0.1) is 0 Å². The first-order valence-electron chi connectivity index (χ1n) is 8.70. The van der Waals surface area contributed by atoms with Crippen molar-refractivity contribution in [1.82, 2.24) is 0 Å². The summed E-state index contributed by atoms with van der Waals surface area (Å²) in [6.07, 6.45) is 0. The van der Waals surface area contributed by atoms with Gasteiger partial charge in [-0.25, -0.2) is 0 Å². The Morgan fingerprint density at radius 3 is 2.04 bits per heavy atom. The highest BCUT2D eigenvalue weighted by Gasteiger charge is 2.16. The van der Waals surface area contributed by atoms with Gasteiger partial charge in [0.2, 0.25) is 0 Å². The van der Waals surface area contributed by atoms with Crippen molar-refractivity contribution >= 4 is 44.9 Å². The molecule has 0 spiro atoms. The van der Waals surface area contributed by atoms with Gasteiger partial charge in [0.1, 0.15) is 6.54 Å². The Bertz CT molecular complexity index is 893. The van der Waals surface area contributed by atoms with Crippen LogP contribution in [0.4, 0.5) is 17.1 Å². The lowest BCUT2D eigenvalue weighted by Gasteiger charge is -2.24. The number of carbonyl (C=O) groups excluding carboxylic acids is 2. The Hall–Kier alpha value is -3.12. The van der Waals surface area contributed by atoms with E-state index in [-0.39, 0.29) is 13.2 Å². The number of ether oxygens (including phenoxy) is 1. The van der Waals surface area contributed by atoms with Crippen molar-refractivity contribution in [2.75, 3.05) is 23.4 Å². The number of para-hydroxylation sites is 2. The van der Waals surface area contributed by atoms with E-state index >= 15 is 0 Å². The number of amides is 1. The fourth-order valence-electron chi connectivity index (χ4n) is 2.63. The van der Waals surface area contributed by atoms with Crippen molar-refractivity contribution < 1.29 is 14.3 Å². The summed E-state index contributed by atoms with van der Waals surface area (Å²) in [6.45, 7) is -0.346. The second-order valence-electron chi connectivity index (χ2n) is 5.98. The molecule has 0 heterocycles. The molecule has 0 aromatic heterocycles. The summed E-state index contributed by atoms with van der Waals surface area (Å²) in [6, 6.07) is 26.3. The van der Waals surface area contributed by atoms with Crippen molar-refractivity contribution in [3.8, 4) is 0 Å². The highest BCUT2D eigenvalue weighted by Crippen LogP contribution is 2.24. The van der Waals surface area contributed by atoms with Crippen LogP contribution in [0.2, 0.25) is 0 Å². The molecule has 1 N–H and O–H groups in total. The number of anilines is 3. The molecule has 142 valence electrons. The Kier molecular flexibility index (Phi) is 6.81. The number of nitrogens with zero attached hydrogens (tertiary/aromatic N) is 1. The smallest absolute Gasteiger partial charge is 0.326 e. The number of hydrogen-bond acceptors (Lipinski definition) is 4. The minimum atomic E-state index is -0.489. The fraction of sp³-hybridized carbons (Fsp3) is 0.0909. The van der Waals surface area contributed by atoms with Gasteiger partial charge in [0.15, 0.2) is 6.61 Å². The van der Waals surface area contributed by atoms with Gasteiger partial charge in [0.05, 0.1) is 0 Å². The molecule has 0 saturated carbocycles. The van der Waals surface area contributed by atoms with Gasteiger partial charge in [-0.05, 0) is 42.5 Å². The van der Waals surface area contributed by atoms with Gasteiger partial charge in [-0.3, -0.25) is 9.59 Å². The molecule has 28 heavy (non-hydrogen) atoms. The van der Waals surface area contributed by atoms with Crippen molar-refractivity contribution in [3.05, 3.63) is 89.4 Å². The molecular formula is C22H19BrN2O3. The molecule has 0 bridgehead atoms. The molecule has 5 nitrogen and oxygen atoms in total. The monoisotopic (exact) mass is 438 g/mol. The maximum atomic E-state index is 12.4. The molecule has 0 unspecified atom stereocenters. The number of esters is 1. The highest BCUT2D eigenvalue weighted by molar-refractivity contribution is 9.10. The molecule has 0 aliphatic rings. The van der Waals surface area contributed by atoms with Crippen LogP contribution >= 0.6 is 15.9 Å². The molecule has 6 heteroatoms. The van der Waals surface area contributed by atoms with E-state index in [2.05, 4.69) is 21.2 Å². The van der Waals surface area contributed by atoms with E-state index in [4.69, 9.17) is 4.74 Å². The van der Waals surface area contributed by atoms with Gasteiger partial charge in [0, 0.05) is 21.5 Å². The number of hydrogen-bond donors (Lipinski definition) is 1. The van der Waals surface area contributed by atoms with E-state index in [0.717, 1.165) is 15.8 Å². The second-order valence-corrected chi connectivity index (χ2v) is 6.89. The number of nitrogens with one attached hydrogen (secondary N) is 1. The fourth-order valence-corrected chi connectivity index (χ4v) is 3.03. The van der Waals surface area contributed by atoms with Crippen LogP contribution in [0.15, 0.2) is 89.4 Å². The minimum absolute atomic E-state index is 0.00179. The van der Waals surface area contributed by atoms with E-state index < -0.39 is 11.9 Å². The quantitative estimate of drug-likeness (QED) is 0.539. The summed E-state index contributed by atoms with van der Waals surface area (Å²) >= 11 is 3.34. The first kappa shape index (κ1) is 19.6. The van der Waals surface area contributed by atoms with Crippen molar-refractivity contribution in [2.24, 2.45) is 0 Å². The molecule has 0 radical (unpaired) electrons. The number of carbonyl (C=O) groups is 2. The molecule has 0 saturated heterocycles. The summed E-state index contributed by atoms with van der Waals surface area (Å²) in [5.74, 6) is -0.880.